The van der Waals surface area contributed by atoms with Gasteiger partial charge < -0.3 is 19.5 Å². The molecule has 0 atom stereocenters. The predicted molar refractivity (Wildman–Crippen MR) is 134 cm³/mol. The predicted octanol–water partition coefficient (Wildman–Crippen LogP) is 4.35. The fraction of sp³-hybridized carbons (Fsp3) is 0.346. The first-order chi connectivity index (χ1) is 16.3. The number of carbonyl (C=O) groups excluding carboxylic acids is 1. The normalized spacial score (nSPS) is 14.5. The maximum atomic E-state index is 12.9. The van der Waals surface area contributed by atoms with Crippen molar-refractivity contribution in [2.24, 2.45) is 0 Å². The van der Waals surface area contributed by atoms with Crippen molar-refractivity contribution in [2.45, 2.75) is 33.2 Å². The number of nitrogens with zero attached hydrogens (tertiary/aromatic N) is 5. The van der Waals surface area contributed by atoms with Crippen molar-refractivity contribution < 1.29 is 9.53 Å². The molecule has 1 fully saturated rings. The van der Waals surface area contributed by atoms with Crippen molar-refractivity contribution in [1.82, 2.24) is 18.9 Å². The summed E-state index contributed by atoms with van der Waals surface area (Å²) in [5, 5.41) is 3.01. The molecule has 1 saturated heterocycles. The monoisotopic (exact) mass is 458 g/mol. The molecule has 3 aromatic heterocycles. The lowest BCUT2D eigenvalue weighted by Crippen LogP contribution is -2.37. The molecule has 176 valence electrons. The Morgan fingerprint density at radius 2 is 1.88 bits per heavy atom. The molecule has 0 radical (unpaired) electrons. The Kier molecular flexibility index (Phi) is 5.61. The number of imidazole rings is 2. The standard InChI is InChI=1S/C26H30N6O2/c1-18-5-6-20(29-25(33)22-16-31(17-28-22)26(2,3)4)15-21(18)19-13-23-27-7-8-32(23)24(14-19)30-9-11-34-12-10-30/h5-8,13-17H,9-12H2,1-4H3,(H,29,33). The number of anilines is 2. The minimum atomic E-state index is -0.226. The molecule has 0 bridgehead atoms. The lowest BCUT2D eigenvalue weighted by Gasteiger charge is -2.29. The lowest BCUT2D eigenvalue weighted by atomic mass is 10.00. The fourth-order valence-electron chi connectivity index (χ4n) is 4.21. The Morgan fingerprint density at radius 1 is 1.09 bits per heavy atom. The number of carbonyl (C=O) groups is 1. The van der Waals surface area contributed by atoms with Crippen molar-refractivity contribution in [3.63, 3.8) is 0 Å². The van der Waals surface area contributed by atoms with Gasteiger partial charge in [-0.25, -0.2) is 9.97 Å². The van der Waals surface area contributed by atoms with E-state index in [0.29, 0.717) is 18.9 Å². The molecule has 8 nitrogen and oxygen atoms in total. The molecule has 1 N–H and O–H groups in total. The Hall–Kier alpha value is -3.65. The molecule has 0 saturated carbocycles. The molecule has 0 spiro atoms. The van der Waals surface area contributed by atoms with Crippen LogP contribution in [0.5, 0.6) is 0 Å². The molecular formula is C26H30N6O2. The number of aromatic nitrogens is 4. The molecular weight excluding hydrogens is 428 g/mol. The second kappa shape index (κ2) is 8.61. The zero-order valence-electron chi connectivity index (χ0n) is 20.1. The summed E-state index contributed by atoms with van der Waals surface area (Å²) in [5.41, 5.74) is 5.12. The third-order valence-corrected chi connectivity index (χ3v) is 6.22. The number of fused-ring (bicyclic) bond motifs is 1. The van der Waals surface area contributed by atoms with Crippen LogP contribution in [0.2, 0.25) is 0 Å². The average Bonchev–Trinajstić information content (AvgIpc) is 3.50. The quantitative estimate of drug-likeness (QED) is 0.492. The van der Waals surface area contributed by atoms with Gasteiger partial charge in [0, 0.05) is 42.9 Å². The van der Waals surface area contributed by atoms with Gasteiger partial charge >= 0.3 is 0 Å². The van der Waals surface area contributed by atoms with E-state index in [4.69, 9.17) is 4.74 Å². The van der Waals surface area contributed by atoms with E-state index in [0.717, 1.165) is 46.9 Å². The van der Waals surface area contributed by atoms with Crippen molar-refractivity contribution >= 4 is 23.1 Å². The molecule has 8 heteroatoms. The average molecular weight is 459 g/mol. The van der Waals surface area contributed by atoms with Crippen LogP contribution in [0.3, 0.4) is 0 Å². The van der Waals surface area contributed by atoms with E-state index in [-0.39, 0.29) is 11.4 Å². The summed E-state index contributed by atoms with van der Waals surface area (Å²) in [4.78, 5) is 24.0. The first-order valence-electron chi connectivity index (χ1n) is 11.6. The van der Waals surface area contributed by atoms with Gasteiger partial charge in [0.2, 0.25) is 0 Å². The number of morpholine rings is 1. The van der Waals surface area contributed by atoms with Crippen LogP contribution in [-0.2, 0) is 10.3 Å². The van der Waals surface area contributed by atoms with E-state index in [1.807, 2.05) is 35.2 Å². The number of benzene rings is 1. The van der Waals surface area contributed by atoms with Crippen LogP contribution in [0, 0.1) is 6.92 Å². The van der Waals surface area contributed by atoms with Gasteiger partial charge in [-0.1, -0.05) is 6.07 Å². The molecule has 1 aromatic carbocycles. The lowest BCUT2D eigenvalue weighted by molar-refractivity contribution is 0.102. The molecule has 5 rings (SSSR count). The smallest absolute Gasteiger partial charge is 0.275 e. The van der Waals surface area contributed by atoms with Gasteiger partial charge in [-0.15, -0.1) is 0 Å². The van der Waals surface area contributed by atoms with Crippen molar-refractivity contribution in [3.05, 3.63) is 66.5 Å². The molecule has 4 heterocycles. The largest absolute Gasteiger partial charge is 0.378 e. The van der Waals surface area contributed by atoms with Gasteiger partial charge in [0.25, 0.3) is 5.91 Å². The molecule has 0 aliphatic carbocycles. The number of amides is 1. The number of aryl methyl sites for hydroxylation is 1. The first kappa shape index (κ1) is 22.2. The number of rotatable bonds is 4. The molecule has 1 amide bonds. The summed E-state index contributed by atoms with van der Waals surface area (Å²) in [5.74, 6) is 0.866. The van der Waals surface area contributed by atoms with E-state index in [1.54, 1.807) is 12.5 Å². The van der Waals surface area contributed by atoms with Crippen molar-refractivity contribution in [1.29, 1.82) is 0 Å². The number of ether oxygens (including phenoxy) is 1. The highest BCUT2D eigenvalue weighted by molar-refractivity contribution is 6.03. The SMILES string of the molecule is Cc1ccc(NC(=O)c2cn(C(C)(C)C)cn2)cc1-c1cc(N2CCOCC2)n2ccnc2c1. The first-order valence-corrected chi connectivity index (χ1v) is 11.6. The summed E-state index contributed by atoms with van der Waals surface area (Å²) in [7, 11) is 0. The van der Waals surface area contributed by atoms with E-state index in [9.17, 15) is 4.79 Å². The minimum Gasteiger partial charge on any atom is -0.378 e. The minimum absolute atomic E-state index is 0.133. The Balaban J connectivity index is 1.47. The van der Waals surface area contributed by atoms with Crippen molar-refractivity contribution in [3.8, 4) is 11.1 Å². The van der Waals surface area contributed by atoms with E-state index >= 15 is 0 Å². The van der Waals surface area contributed by atoms with E-state index in [1.165, 1.54) is 0 Å². The van der Waals surface area contributed by atoms with Crippen LogP contribution in [0.25, 0.3) is 16.8 Å². The Labute approximate surface area is 199 Å². The van der Waals surface area contributed by atoms with Gasteiger partial charge in [0.1, 0.15) is 17.2 Å². The van der Waals surface area contributed by atoms with Gasteiger partial charge in [-0.3, -0.25) is 9.20 Å². The maximum absolute atomic E-state index is 12.9. The van der Waals surface area contributed by atoms with Crippen LogP contribution in [0.1, 0.15) is 36.8 Å². The molecule has 34 heavy (non-hydrogen) atoms. The van der Waals surface area contributed by atoms with Crippen LogP contribution < -0.4 is 10.2 Å². The molecule has 1 aliphatic heterocycles. The zero-order valence-corrected chi connectivity index (χ0v) is 20.1. The van der Waals surface area contributed by atoms with E-state index < -0.39 is 0 Å². The summed E-state index contributed by atoms with van der Waals surface area (Å²) < 4.78 is 9.60. The Morgan fingerprint density at radius 3 is 2.62 bits per heavy atom. The molecule has 0 unspecified atom stereocenters. The zero-order chi connectivity index (χ0) is 23.9. The Bertz CT molecular complexity index is 1340. The number of hydrogen-bond donors (Lipinski definition) is 1. The number of pyridine rings is 1. The van der Waals surface area contributed by atoms with Crippen molar-refractivity contribution in [2.75, 3.05) is 36.5 Å². The summed E-state index contributed by atoms with van der Waals surface area (Å²) in [6.07, 6.45) is 7.29. The third kappa shape index (κ3) is 4.28. The summed E-state index contributed by atoms with van der Waals surface area (Å²) >= 11 is 0. The molecule has 4 aromatic rings. The summed E-state index contributed by atoms with van der Waals surface area (Å²) in [6, 6.07) is 10.3. The van der Waals surface area contributed by atoms with Crippen LogP contribution in [0.4, 0.5) is 11.5 Å². The van der Waals surface area contributed by atoms with Crippen LogP contribution in [0.15, 0.2) is 55.2 Å². The van der Waals surface area contributed by atoms with Gasteiger partial charge in [0.05, 0.1) is 19.5 Å². The van der Waals surface area contributed by atoms with E-state index in [2.05, 4.69) is 64.4 Å². The number of hydrogen-bond acceptors (Lipinski definition) is 5. The topological polar surface area (TPSA) is 76.7 Å². The van der Waals surface area contributed by atoms with Crippen LogP contribution in [-0.4, -0.2) is 51.1 Å². The number of nitrogens with one attached hydrogen (secondary N) is 1. The highest BCUT2D eigenvalue weighted by Gasteiger charge is 2.19. The summed E-state index contributed by atoms with van der Waals surface area (Å²) in [6.45, 7) is 11.4. The second-order valence-corrected chi connectivity index (χ2v) is 9.68. The van der Waals surface area contributed by atoms with Gasteiger partial charge in [0.15, 0.2) is 0 Å². The highest BCUT2D eigenvalue weighted by atomic mass is 16.5. The third-order valence-electron chi connectivity index (χ3n) is 6.22. The fourth-order valence-corrected chi connectivity index (χ4v) is 4.21. The molecule has 1 aliphatic rings. The van der Waals surface area contributed by atoms with Crippen LogP contribution >= 0.6 is 0 Å². The van der Waals surface area contributed by atoms with Gasteiger partial charge in [-0.2, -0.15) is 0 Å². The second-order valence-electron chi connectivity index (χ2n) is 9.68. The van der Waals surface area contributed by atoms with Gasteiger partial charge in [-0.05, 0) is 68.7 Å². The highest BCUT2D eigenvalue weighted by Crippen LogP contribution is 2.31. The maximum Gasteiger partial charge on any atom is 0.275 e.